The summed E-state index contributed by atoms with van der Waals surface area (Å²) in [6.45, 7) is 2.52. The molecule has 10 heteroatoms. The molecule has 0 atom stereocenters. The molecule has 162 valence electrons. The first-order valence-electron chi connectivity index (χ1n) is 10.2. The maximum atomic E-state index is 12.7. The van der Waals surface area contributed by atoms with Gasteiger partial charge in [-0.15, -0.1) is 0 Å². The fraction of sp³-hybridized carbons (Fsp3) is 0.273. The van der Waals surface area contributed by atoms with E-state index >= 15 is 0 Å². The van der Waals surface area contributed by atoms with Gasteiger partial charge in [0.05, 0.1) is 24.9 Å². The van der Waals surface area contributed by atoms with Gasteiger partial charge in [-0.2, -0.15) is 5.10 Å². The smallest absolute Gasteiger partial charge is 0.271 e. The molecule has 0 spiro atoms. The summed E-state index contributed by atoms with van der Waals surface area (Å²) in [5.74, 6) is 1.02. The number of amides is 1. The zero-order valence-electron chi connectivity index (χ0n) is 17.7. The van der Waals surface area contributed by atoms with Crippen molar-refractivity contribution in [1.29, 1.82) is 0 Å². The van der Waals surface area contributed by atoms with Crippen LogP contribution in [0.4, 0.5) is 5.82 Å². The molecule has 1 aliphatic rings. The van der Waals surface area contributed by atoms with Crippen molar-refractivity contribution in [3.63, 3.8) is 0 Å². The van der Waals surface area contributed by atoms with Crippen molar-refractivity contribution in [3.8, 4) is 11.4 Å². The van der Waals surface area contributed by atoms with Gasteiger partial charge in [0.25, 0.3) is 5.91 Å². The number of fused-ring (bicyclic) bond motifs is 2. The maximum Gasteiger partial charge on any atom is 0.271 e. The van der Waals surface area contributed by atoms with E-state index in [1.165, 1.54) is 10.3 Å². The Morgan fingerprint density at radius 3 is 2.75 bits per heavy atom. The van der Waals surface area contributed by atoms with Crippen LogP contribution in [0.2, 0.25) is 0 Å². The molecule has 4 aromatic rings. The Labute approximate surface area is 189 Å². The summed E-state index contributed by atoms with van der Waals surface area (Å²) >= 11 is 5.29. The number of rotatable bonds is 4. The van der Waals surface area contributed by atoms with Gasteiger partial charge in [0, 0.05) is 49.1 Å². The highest BCUT2D eigenvalue weighted by molar-refractivity contribution is 7.79. The predicted octanol–water partition coefficient (Wildman–Crippen LogP) is 2.45. The van der Waals surface area contributed by atoms with Crippen LogP contribution in [0, 0.1) is 0 Å². The number of carbonyl (C=O) groups is 1. The minimum Gasteiger partial charge on any atom is -0.378 e. The number of anilines is 1. The van der Waals surface area contributed by atoms with Crippen molar-refractivity contribution in [1.82, 2.24) is 30.0 Å². The third-order valence-corrected chi connectivity index (χ3v) is 5.71. The van der Waals surface area contributed by atoms with Gasteiger partial charge in [-0.1, -0.05) is 24.4 Å². The number of benzene rings is 1. The molecule has 0 unspecified atom stereocenters. The first kappa shape index (κ1) is 20.4. The van der Waals surface area contributed by atoms with Crippen LogP contribution in [0.15, 0.2) is 30.5 Å². The number of hydrogen-bond donors (Lipinski definition) is 1. The van der Waals surface area contributed by atoms with Gasteiger partial charge >= 0.3 is 0 Å². The number of carbonyl (C=O) groups excluding carboxylic acids is 1. The quantitative estimate of drug-likeness (QED) is 0.476. The number of thiocarbonyl (C=S) groups is 1. The largest absolute Gasteiger partial charge is 0.378 e. The molecule has 9 nitrogen and oxygen atoms in total. The second kappa shape index (κ2) is 8.21. The highest BCUT2D eigenvalue weighted by atomic mass is 32.1. The number of aromatic amines is 1. The van der Waals surface area contributed by atoms with Gasteiger partial charge in [0.1, 0.15) is 16.7 Å². The van der Waals surface area contributed by atoms with E-state index in [-0.39, 0.29) is 5.91 Å². The first-order valence-corrected chi connectivity index (χ1v) is 10.7. The lowest BCUT2D eigenvalue weighted by Gasteiger charge is -2.29. The van der Waals surface area contributed by atoms with Crippen LogP contribution < -0.4 is 4.90 Å². The van der Waals surface area contributed by atoms with E-state index < -0.39 is 0 Å². The van der Waals surface area contributed by atoms with Gasteiger partial charge < -0.3 is 14.5 Å². The highest BCUT2D eigenvalue weighted by Crippen LogP contribution is 2.32. The molecule has 1 aromatic carbocycles. The summed E-state index contributed by atoms with van der Waals surface area (Å²) in [6.07, 6.45) is 1.77. The third-order valence-electron chi connectivity index (χ3n) is 5.45. The lowest BCUT2D eigenvalue weighted by atomic mass is 10.1. The van der Waals surface area contributed by atoms with Gasteiger partial charge in [0.15, 0.2) is 11.6 Å². The van der Waals surface area contributed by atoms with E-state index in [0.29, 0.717) is 60.2 Å². The van der Waals surface area contributed by atoms with E-state index in [1.807, 2.05) is 18.2 Å². The molecule has 1 N–H and O–H groups in total. The average molecular weight is 448 g/mol. The highest BCUT2D eigenvalue weighted by Gasteiger charge is 2.23. The standard InChI is InChI=1S/C22H21N7O2S/c1-28(2)22(30)17-10-13(12-32)18-19(24-17)21(29-6-8-31-9-7-29)26-20(25-18)14-4-3-5-16-15(14)11-23-27-16/h3-5,10-12H,6-9H2,1-2H3,(H,23,27). The Hall–Kier alpha value is -3.50. The summed E-state index contributed by atoms with van der Waals surface area (Å²) in [7, 11) is 3.39. The molecule has 0 saturated carbocycles. The molecule has 5 rings (SSSR count). The second-order valence-electron chi connectivity index (χ2n) is 7.72. The van der Waals surface area contributed by atoms with E-state index in [9.17, 15) is 4.79 Å². The number of ether oxygens (including phenoxy) is 1. The van der Waals surface area contributed by atoms with Crippen molar-refractivity contribution in [2.45, 2.75) is 0 Å². The molecule has 0 bridgehead atoms. The Kier molecular flexibility index (Phi) is 5.24. The number of nitrogens with zero attached hydrogens (tertiary/aromatic N) is 6. The molecule has 1 amide bonds. The van der Waals surface area contributed by atoms with E-state index in [0.717, 1.165) is 16.5 Å². The number of morpholine rings is 1. The van der Waals surface area contributed by atoms with E-state index in [4.69, 9.17) is 26.9 Å². The normalized spacial score (nSPS) is 14.1. The molecule has 1 aliphatic heterocycles. The fourth-order valence-electron chi connectivity index (χ4n) is 3.82. The van der Waals surface area contributed by atoms with Crippen LogP contribution in [0.1, 0.15) is 16.1 Å². The van der Waals surface area contributed by atoms with Gasteiger partial charge in [0.2, 0.25) is 0 Å². The minimum atomic E-state index is -0.204. The Morgan fingerprint density at radius 1 is 1.19 bits per heavy atom. The number of pyridine rings is 1. The van der Waals surface area contributed by atoms with Crippen molar-refractivity contribution < 1.29 is 9.53 Å². The van der Waals surface area contributed by atoms with Gasteiger partial charge in [-0.3, -0.25) is 9.89 Å². The summed E-state index contributed by atoms with van der Waals surface area (Å²) in [5.41, 5.74) is 3.89. The minimum absolute atomic E-state index is 0.204. The fourth-order valence-corrected chi connectivity index (χ4v) is 4.00. The van der Waals surface area contributed by atoms with Gasteiger partial charge in [-0.25, -0.2) is 15.0 Å². The Morgan fingerprint density at radius 2 is 2.00 bits per heavy atom. The van der Waals surface area contributed by atoms with Gasteiger partial charge in [-0.05, 0) is 12.1 Å². The zero-order chi connectivity index (χ0) is 22.2. The zero-order valence-corrected chi connectivity index (χ0v) is 18.5. The number of hydrogen-bond acceptors (Lipinski definition) is 8. The summed E-state index contributed by atoms with van der Waals surface area (Å²) in [5, 5.41) is 9.61. The number of nitrogens with one attached hydrogen (secondary N) is 1. The molecule has 0 aliphatic carbocycles. The molecule has 3 aromatic heterocycles. The maximum absolute atomic E-state index is 12.7. The van der Waals surface area contributed by atoms with Crippen LogP contribution >= 0.6 is 12.2 Å². The van der Waals surface area contributed by atoms with Crippen LogP contribution in [-0.4, -0.2) is 81.7 Å². The van der Waals surface area contributed by atoms with E-state index in [1.54, 1.807) is 26.4 Å². The SMILES string of the molecule is CN(C)C(=O)c1cc(C=S)c2nc(-c3cccc4[nH]ncc34)nc(N3CCOCC3)c2n1. The molecule has 0 radical (unpaired) electrons. The summed E-state index contributed by atoms with van der Waals surface area (Å²) < 4.78 is 5.53. The van der Waals surface area contributed by atoms with Crippen LogP contribution in [0.5, 0.6) is 0 Å². The lowest BCUT2D eigenvalue weighted by Crippen LogP contribution is -2.37. The molecular weight excluding hydrogens is 426 g/mol. The number of aromatic nitrogens is 5. The Bertz CT molecular complexity index is 1350. The molecule has 32 heavy (non-hydrogen) atoms. The first-order chi connectivity index (χ1) is 15.6. The van der Waals surface area contributed by atoms with Crippen molar-refractivity contribution >= 4 is 51.2 Å². The summed E-state index contributed by atoms with van der Waals surface area (Å²) in [4.78, 5) is 30.8. The van der Waals surface area contributed by atoms with Crippen LogP contribution in [-0.2, 0) is 4.74 Å². The summed E-state index contributed by atoms with van der Waals surface area (Å²) in [6, 6.07) is 7.56. The molecule has 1 saturated heterocycles. The third kappa shape index (κ3) is 3.47. The number of H-pyrrole nitrogens is 1. The average Bonchev–Trinajstić information content (AvgIpc) is 3.31. The monoisotopic (exact) mass is 447 g/mol. The topological polar surface area (TPSA) is 100 Å². The van der Waals surface area contributed by atoms with Crippen LogP contribution in [0.3, 0.4) is 0 Å². The lowest BCUT2D eigenvalue weighted by molar-refractivity contribution is 0.0822. The molecule has 4 heterocycles. The second-order valence-corrected chi connectivity index (χ2v) is 7.95. The molecule has 1 fully saturated rings. The van der Waals surface area contributed by atoms with E-state index in [2.05, 4.69) is 20.1 Å². The van der Waals surface area contributed by atoms with Crippen LogP contribution in [0.25, 0.3) is 33.3 Å². The predicted molar refractivity (Wildman–Crippen MR) is 126 cm³/mol. The van der Waals surface area contributed by atoms with Crippen molar-refractivity contribution in [2.24, 2.45) is 0 Å². The molecular formula is C22H21N7O2S. The van der Waals surface area contributed by atoms with Crippen molar-refractivity contribution in [3.05, 3.63) is 41.7 Å². The van der Waals surface area contributed by atoms with Crippen molar-refractivity contribution in [2.75, 3.05) is 45.3 Å². The Balaban J connectivity index is 1.81.